The highest BCUT2D eigenvalue weighted by molar-refractivity contribution is 6.33. The number of aromatic nitrogens is 4. The molecule has 0 saturated heterocycles. The predicted molar refractivity (Wildman–Crippen MR) is 100 cm³/mol. The number of hydrogen-bond donors (Lipinski definition) is 2. The van der Waals surface area contributed by atoms with Crippen LogP contribution in [0.15, 0.2) is 42.9 Å². The van der Waals surface area contributed by atoms with Gasteiger partial charge in [0.05, 0.1) is 18.3 Å². The maximum Gasteiger partial charge on any atom is 0.338 e. The molecule has 10 heteroatoms. The Balaban J connectivity index is 1.71. The highest BCUT2D eigenvalue weighted by atomic mass is 35.5. The highest BCUT2D eigenvalue weighted by Crippen LogP contribution is 2.23. The fourth-order valence-electron chi connectivity index (χ4n) is 2.37. The zero-order valence-electron chi connectivity index (χ0n) is 14.1. The van der Waals surface area contributed by atoms with Crippen molar-refractivity contribution in [2.75, 3.05) is 5.32 Å². The first-order valence-electron chi connectivity index (χ1n) is 7.90. The van der Waals surface area contributed by atoms with Crippen LogP contribution in [0.1, 0.15) is 28.9 Å². The average Bonchev–Trinajstić information content (AvgIpc) is 3.24. The molecule has 1 unspecified atom stereocenters. The molecule has 0 fully saturated rings. The summed E-state index contributed by atoms with van der Waals surface area (Å²) in [5.74, 6) is -1.35. The number of amides is 1. The monoisotopic (exact) mass is 407 g/mol. The molecule has 1 aromatic carbocycles. The maximum absolute atomic E-state index is 12.4. The summed E-state index contributed by atoms with van der Waals surface area (Å²) in [4.78, 5) is 23.3. The number of carboxylic acids is 1. The van der Waals surface area contributed by atoms with E-state index < -0.39 is 17.9 Å². The van der Waals surface area contributed by atoms with Crippen molar-refractivity contribution in [1.82, 2.24) is 19.6 Å². The number of rotatable bonds is 6. The van der Waals surface area contributed by atoms with E-state index in [1.54, 1.807) is 23.9 Å². The fraction of sp³-hybridized carbons (Fsp3) is 0.176. The first-order chi connectivity index (χ1) is 12.8. The van der Waals surface area contributed by atoms with Crippen molar-refractivity contribution < 1.29 is 14.7 Å². The Morgan fingerprint density at radius 1 is 1.22 bits per heavy atom. The van der Waals surface area contributed by atoms with Crippen molar-refractivity contribution in [3.63, 3.8) is 0 Å². The van der Waals surface area contributed by atoms with E-state index in [2.05, 4.69) is 15.5 Å². The van der Waals surface area contributed by atoms with Gasteiger partial charge in [-0.3, -0.25) is 14.2 Å². The molecule has 0 radical (unpaired) electrons. The summed E-state index contributed by atoms with van der Waals surface area (Å²) < 4.78 is 2.83. The second kappa shape index (κ2) is 7.81. The van der Waals surface area contributed by atoms with Crippen molar-refractivity contribution in [2.24, 2.45) is 0 Å². The minimum Gasteiger partial charge on any atom is -0.478 e. The number of anilines is 1. The van der Waals surface area contributed by atoms with E-state index in [0.717, 1.165) is 5.56 Å². The lowest BCUT2D eigenvalue weighted by Gasteiger charge is -2.11. The van der Waals surface area contributed by atoms with Gasteiger partial charge in [0.25, 0.3) is 0 Å². The zero-order valence-corrected chi connectivity index (χ0v) is 15.6. The van der Waals surface area contributed by atoms with Gasteiger partial charge in [0, 0.05) is 17.4 Å². The van der Waals surface area contributed by atoms with Crippen LogP contribution in [0.25, 0.3) is 0 Å². The zero-order chi connectivity index (χ0) is 19.6. The lowest BCUT2D eigenvalue weighted by molar-refractivity contribution is -0.119. The molecule has 2 heterocycles. The van der Waals surface area contributed by atoms with Crippen molar-refractivity contribution in [3.8, 4) is 0 Å². The predicted octanol–water partition coefficient (Wildman–Crippen LogP) is 3.33. The summed E-state index contributed by atoms with van der Waals surface area (Å²) in [5, 5.41) is 20.6. The number of hydrogen-bond acceptors (Lipinski definition) is 4. The summed E-state index contributed by atoms with van der Waals surface area (Å²) in [6.07, 6.45) is 4.04. The Morgan fingerprint density at radius 3 is 2.63 bits per heavy atom. The van der Waals surface area contributed by atoms with Gasteiger partial charge in [-0.05, 0) is 18.6 Å². The van der Waals surface area contributed by atoms with Crippen LogP contribution in [0.3, 0.4) is 0 Å². The summed E-state index contributed by atoms with van der Waals surface area (Å²) in [6.45, 7) is 1.98. The van der Waals surface area contributed by atoms with Crippen LogP contribution in [0.5, 0.6) is 0 Å². The summed E-state index contributed by atoms with van der Waals surface area (Å²) in [6, 6.07) is 6.60. The van der Waals surface area contributed by atoms with Gasteiger partial charge in [-0.25, -0.2) is 4.79 Å². The van der Waals surface area contributed by atoms with E-state index in [1.807, 2.05) is 18.2 Å². The molecule has 0 aliphatic heterocycles. The normalized spacial score (nSPS) is 12.0. The Bertz CT molecular complexity index is 998. The number of benzene rings is 1. The van der Waals surface area contributed by atoms with Crippen LogP contribution >= 0.6 is 23.2 Å². The topological polar surface area (TPSA) is 102 Å². The molecule has 0 bridgehead atoms. The van der Waals surface area contributed by atoms with Crippen LogP contribution in [-0.4, -0.2) is 36.5 Å². The van der Waals surface area contributed by atoms with Crippen molar-refractivity contribution in [3.05, 3.63) is 64.0 Å². The smallest absolute Gasteiger partial charge is 0.338 e. The molecule has 0 spiro atoms. The molecule has 0 saturated carbocycles. The van der Waals surface area contributed by atoms with E-state index in [-0.39, 0.29) is 16.4 Å². The van der Waals surface area contributed by atoms with Gasteiger partial charge in [-0.2, -0.15) is 10.2 Å². The fourth-order valence-corrected chi connectivity index (χ4v) is 2.76. The first-order valence-corrected chi connectivity index (χ1v) is 8.65. The van der Waals surface area contributed by atoms with Crippen molar-refractivity contribution >= 4 is 40.9 Å². The van der Waals surface area contributed by atoms with Gasteiger partial charge in [-0.15, -0.1) is 0 Å². The molecule has 1 amide bonds. The largest absolute Gasteiger partial charge is 0.478 e. The first kappa shape index (κ1) is 18.9. The number of carbonyl (C=O) groups is 2. The van der Waals surface area contributed by atoms with E-state index in [0.29, 0.717) is 11.6 Å². The molecule has 8 nitrogen and oxygen atoms in total. The van der Waals surface area contributed by atoms with Gasteiger partial charge in [0.1, 0.15) is 11.1 Å². The summed E-state index contributed by atoms with van der Waals surface area (Å²) in [7, 11) is 0. The van der Waals surface area contributed by atoms with Crippen LogP contribution in [0, 0.1) is 0 Å². The number of aromatic carboxylic acids is 1. The van der Waals surface area contributed by atoms with Crippen molar-refractivity contribution in [2.45, 2.75) is 19.5 Å². The van der Waals surface area contributed by atoms with E-state index in [1.165, 1.54) is 17.1 Å². The molecule has 0 aliphatic rings. The lowest BCUT2D eigenvalue weighted by atomic mass is 10.2. The van der Waals surface area contributed by atoms with Gasteiger partial charge in [0.2, 0.25) is 5.91 Å². The van der Waals surface area contributed by atoms with E-state index >= 15 is 0 Å². The number of nitrogens with one attached hydrogen (secondary N) is 1. The second-order valence-electron chi connectivity index (χ2n) is 5.79. The van der Waals surface area contributed by atoms with Crippen LogP contribution in [0.2, 0.25) is 10.0 Å². The quantitative estimate of drug-likeness (QED) is 0.652. The molecule has 1 atom stereocenters. The molecular weight excluding hydrogens is 393 g/mol. The van der Waals surface area contributed by atoms with Crippen molar-refractivity contribution in [1.29, 1.82) is 0 Å². The summed E-state index contributed by atoms with van der Waals surface area (Å²) >= 11 is 12.3. The van der Waals surface area contributed by atoms with Gasteiger partial charge < -0.3 is 10.4 Å². The third-order valence-electron chi connectivity index (χ3n) is 3.87. The van der Waals surface area contributed by atoms with Crippen LogP contribution in [0.4, 0.5) is 5.82 Å². The third-order valence-corrected chi connectivity index (χ3v) is 4.52. The minimum absolute atomic E-state index is 0.00306. The number of nitrogens with zero attached hydrogens (tertiary/aromatic N) is 4. The Labute approximate surface area is 164 Å². The van der Waals surface area contributed by atoms with Gasteiger partial charge >= 0.3 is 5.97 Å². The lowest BCUT2D eigenvalue weighted by Crippen LogP contribution is -2.24. The second-order valence-corrected chi connectivity index (χ2v) is 6.61. The molecule has 0 aliphatic carbocycles. The third kappa shape index (κ3) is 4.29. The molecule has 3 aromatic rings. The van der Waals surface area contributed by atoms with E-state index in [4.69, 9.17) is 28.3 Å². The Morgan fingerprint density at radius 2 is 1.96 bits per heavy atom. The Kier molecular flexibility index (Phi) is 5.48. The van der Waals surface area contributed by atoms with Gasteiger partial charge in [0.15, 0.2) is 5.82 Å². The summed E-state index contributed by atoms with van der Waals surface area (Å²) in [5.41, 5.74) is 0.860. The van der Waals surface area contributed by atoms with Gasteiger partial charge in [-0.1, -0.05) is 41.4 Å². The standard InChI is InChI=1S/C17H15Cl2N5O3/c1-10(24-8-12(6-20-24)17(26)27)16(25)21-15-14(19)9-23(22-15)7-11-4-2-3-5-13(11)18/h2-6,8-10H,7H2,1H3,(H,26,27)(H,21,22,25). The maximum atomic E-state index is 12.4. The number of carboxylic acid groups (broad SMARTS) is 1. The molecule has 2 N–H and O–H groups in total. The molecule has 3 rings (SSSR count). The number of carbonyl (C=O) groups excluding carboxylic acids is 1. The molecular formula is C17H15Cl2N5O3. The minimum atomic E-state index is -1.12. The Hall–Kier alpha value is -2.84. The average molecular weight is 408 g/mol. The van der Waals surface area contributed by atoms with E-state index in [9.17, 15) is 9.59 Å². The SMILES string of the molecule is CC(C(=O)Nc1nn(Cc2ccccc2Cl)cc1Cl)n1cc(C(=O)O)cn1. The molecule has 27 heavy (non-hydrogen) atoms. The molecule has 2 aromatic heterocycles. The number of halogens is 2. The molecule has 140 valence electrons. The van der Waals surface area contributed by atoms with Crippen LogP contribution in [-0.2, 0) is 11.3 Å². The highest BCUT2D eigenvalue weighted by Gasteiger charge is 2.20. The van der Waals surface area contributed by atoms with Crippen LogP contribution < -0.4 is 5.32 Å².